The maximum Gasteiger partial charge on any atom is 0.311 e. The lowest BCUT2D eigenvalue weighted by Crippen LogP contribution is -2.31. The lowest BCUT2D eigenvalue weighted by Gasteiger charge is -2.08. The van der Waals surface area contributed by atoms with Crippen LogP contribution in [0.4, 0.5) is 5.69 Å². The highest BCUT2D eigenvalue weighted by molar-refractivity contribution is 5.78. The smallest absolute Gasteiger partial charge is 0.311 e. The number of carbonyl (C=O) groups is 1. The molecule has 3 N–H and O–H groups in total. The Bertz CT molecular complexity index is 506. The van der Waals surface area contributed by atoms with Crippen LogP contribution in [0.25, 0.3) is 0 Å². The van der Waals surface area contributed by atoms with E-state index in [1.165, 1.54) is 25.0 Å². The Labute approximate surface area is 130 Å². The molecule has 0 aromatic heterocycles. The van der Waals surface area contributed by atoms with Gasteiger partial charge in [0.2, 0.25) is 5.91 Å². The van der Waals surface area contributed by atoms with Gasteiger partial charge in [0, 0.05) is 6.07 Å². The highest BCUT2D eigenvalue weighted by atomic mass is 16.6. The number of nitrogens with zero attached hydrogens (tertiary/aromatic N) is 1. The number of nitrogens with two attached hydrogens (primary N) is 1. The number of amides is 1. The van der Waals surface area contributed by atoms with Crippen LogP contribution in [0.2, 0.25) is 0 Å². The van der Waals surface area contributed by atoms with Crippen LogP contribution in [-0.2, 0) is 11.2 Å². The Morgan fingerprint density at radius 3 is 2.68 bits per heavy atom. The van der Waals surface area contributed by atoms with Crippen molar-refractivity contribution in [2.45, 2.75) is 45.4 Å². The highest BCUT2D eigenvalue weighted by Gasteiger charge is 2.17. The number of carbonyl (C=O) groups excluding carboxylic acids is 1. The molecule has 7 nitrogen and oxygen atoms in total. The molecule has 0 spiro atoms. The number of nitrogens with one attached hydrogen (secondary N) is 1. The molecular weight excluding hydrogens is 286 g/mol. The Morgan fingerprint density at radius 2 is 2.05 bits per heavy atom. The maximum absolute atomic E-state index is 11.2. The average Bonchev–Trinajstić information content (AvgIpc) is 2.51. The molecule has 0 unspecified atom stereocenters. The van der Waals surface area contributed by atoms with Crippen molar-refractivity contribution in [2.75, 3.05) is 6.61 Å². The van der Waals surface area contributed by atoms with Crippen molar-refractivity contribution < 1.29 is 14.5 Å². The molecule has 0 atom stereocenters. The van der Waals surface area contributed by atoms with E-state index in [4.69, 9.17) is 10.6 Å². The van der Waals surface area contributed by atoms with Gasteiger partial charge < -0.3 is 4.74 Å². The van der Waals surface area contributed by atoms with E-state index in [0.29, 0.717) is 12.2 Å². The number of hydrazine groups is 1. The monoisotopic (exact) mass is 309 g/mol. The molecule has 0 heterocycles. The zero-order chi connectivity index (χ0) is 16.4. The van der Waals surface area contributed by atoms with Crippen molar-refractivity contribution >= 4 is 11.6 Å². The summed E-state index contributed by atoms with van der Waals surface area (Å²) in [6.07, 6.45) is 5.43. The van der Waals surface area contributed by atoms with E-state index >= 15 is 0 Å². The first-order valence-corrected chi connectivity index (χ1v) is 7.48. The third kappa shape index (κ3) is 6.09. The summed E-state index contributed by atoms with van der Waals surface area (Å²) in [6, 6.07) is 4.51. The molecule has 0 saturated carbocycles. The minimum absolute atomic E-state index is 0.00532. The summed E-state index contributed by atoms with van der Waals surface area (Å²) in [5.74, 6) is 4.84. The number of hydrogen-bond acceptors (Lipinski definition) is 5. The molecule has 7 heteroatoms. The molecule has 0 fully saturated rings. The van der Waals surface area contributed by atoms with Gasteiger partial charge in [0.05, 0.1) is 18.0 Å². The molecule has 0 aliphatic rings. The first-order chi connectivity index (χ1) is 10.6. The van der Waals surface area contributed by atoms with Gasteiger partial charge in [-0.15, -0.1) is 0 Å². The van der Waals surface area contributed by atoms with Gasteiger partial charge in [0.25, 0.3) is 0 Å². The van der Waals surface area contributed by atoms with Gasteiger partial charge in [0.1, 0.15) is 0 Å². The molecule has 122 valence electrons. The van der Waals surface area contributed by atoms with E-state index in [1.54, 1.807) is 6.07 Å². The van der Waals surface area contributed by atoms with Crippen LogP contribution in [0.5, 0.6) is 5.75 Å². The van der Waals surface area contributed by atoms with E-state index in [-0.39, 0.29) is 17.9 Å². The average molecular weight is 309 g/mol. The second-order valence-corrected chi connectivity index (χ2v) is 5.07. The quantitative estimate of drug-likeness (QED) is 0.227. The fourth-order valence-electron chi connectivity index (χ4n) is 2.06. The predicted octanol–water partition coefficient (Wildman–Crippen LogP) is 2.48. The minimum Gasteiger partial charge on any atom is -0.487 e. The van der Waals surface area contributed by atoms with Crippen LogP contribution in [0.15, 0.2) is 18.2 Å². The third-order valence-corrected chi connectivity index (χ3v) is 3.25. The molecule has 0 radical (unpaired) electrons. The summed E-state index contributed by atoms with van der Waals surface area (Å²) in [5.41, 5.74) is 2.38. The van der Waals surface area contributed by atoms with Gasteiger partial charge in [-0.1, -0.05) is 38.7 Å². The van der Waals surface area contributed by atoms with Gasteiger partial charge in [-0.05, 0) is 18.1 Å². The Hall–Kier alpha value is -2.15. The Kier molecular flexibility index (Phi) is 7.91. The fourth-order valence-corrected chi connectivity index (χ4v) is 2.06. The van der Waals surface area contributed by atoms with Crippen LogP contribution >= 0.6 is 0 Å². The third-order valence-electron chi connectivity index (χ3n) is 3.25. The van der Waals surface area contributed by atoms with E-state index < -0.39 is 10.8 Å². The summed E-state index contributed by atoms with van der Waals surface area (Å²) >= 11 is 0. The number of ether oxygens (including phenoxy) is 1. The van der Waals surface area contributed by atoms with Crippen LogP contribution in [-0.4, -0.2) is 17.4 Å². The second kappa shape index (κ2) is 9.73. The standard InChI is InChI=1S/C15H23N3O4/c1-2-3-4-5-6-9-22-14-8-7-12(11-15(19)17-16)10-13(14)18(20)21/h7-8,10H,2-6,9,11,16H2,1H3,(H,17,19). The van der Waals surface area contributed by atoms with Crippen molar-refractivity contribution in [3.05, 3.63) is 33.9 Å². The number of benzene rings is 1. The van der Waals surface area contributed by atoms with Crippen molar-refractivity contribution in [1.82, 2.24) is 5.43 Å². The van der Waals surface area contributed by atoms with E-state index in [2.05, 4.69) is 6.92 Å². The van der Waals surface area contributed by atoms with Crippen LogP contribution in [0, 0.1) is 10.1 Å². The second-order valence-electron chi connectivity index (χ2n) is 5.07. The highest BCUT2D eigenvalue weighted by Crippen LogP contribution is 2.28. The topological polar surface area (TPSA) is 107 Å². The Balaban J connectivity index is 2.62. The molecule has 1 aromatic rings. The van der Waals surface area contributed by atoms with E-state index in [1.807, 2.05) is 5.43 Å². The normalized spacial score (nSPS) is 10.3. The SMILES string of the molecule is CCCCCCCOc1ccc(CC(=O)NN)cc1[N+](=O)[O-]. The fraction of sp³-hybridized carbons (Fsp3) is 0.533. The first kappa shape index (κ1) is 17.9. The number of unbranched alkanes of at least 4 members (excludes halogenated alkanes) is 4. The number of nitro benzene ring substituents is 1. The zero-order valence-electron chi connectivity index (χ0n) is 12.8. The minimum atomic E-state index is -0.504. The number of rotatable bonds is 10. The molecular formula is C15H23N3O4. The van der Waals surface area contributed by atoms with Crippen LogP contribution < -0.4 is 16.0 Å². The molecule has 0 aliphatic heterocycles. The predicted molar refractivity (Wildman–Crippen MR) is 83.4 cm³/mol. The van der Waals surface area contributed by atoms with Gasteiger partial charge in [-0.25, -0.2) is 5.84 Å². The van der Waals surface area contributed by atoms with Crippen molar-refractivity contribution in [1.29, 1.82) is 0 Å². The Morgan fingerprint density at radius 1 is 1.32 bits per heavy atom. The molecule has 0 bridgehead atoms. The molecule has 0 aliphatic carbocycles. The summed E-state index contributed by atoms with van der Waals surface area (Å²) < 4.78 is 5.50. The largest absolute Gasteiger partial charge is 0.487 e. The number of nitro groups is 1. The molecule has 0 saturated heterocycles. The lowest BCUT2D eigenvalue weighted by molar-refractivity contribution is -0.385. The van der Waals surface area contributed by atoms with Gasteiger partial charge >= 0.3 is 5.69 Å². The van der Waals surface area contributed by atoms with Gasteiger partial charge in [0.15, 0.2) is 5.75 Å². The first-order valence-electron chi connectivity index (χ1n) is 7.48. The van der Waals surface area contributed by atoms with Crippen molar-refractivity contribution in [2.24, 2.45) is 5.84 Å². The summed E-state index contributed by atoms with van der Waals surface area (Å²) in [7, 11) is 0. The summed E-state index contributed by atoms with van der Waals surface area (Å²) in [5, 5.41) is 11.1. The molecule has 1 aromatic carbocycles. The van der Waals surface area contributed by atoms with Gasteiger partial charge in [-0.3, -0.25) is 20.3 Å². The zero-order valence-corrected chi connectivity index (χ0v) is 12.8. The van der Waals surface area contributed by atoms with Crippen molar-refractivity contribution in [3.63, 3.8) is 0 Å². The summed E-state index contributed by atoms with van der Waals surface area (Å²) in [6.45, 7) is 2.60. The van der Waals surface area contributed by atoms with Crippen LogP contribution in [0.1, 0.15) is 44.6 Å². The lowest BCUT2D eigenvalue weighted by atomic mass is 10.1. The molecule has 22 heavy (non-hydrogen) atoms. The summed E-state index contributed by atoms with van der Waals surface area (Å²) in [4.78, 5) is 21.8. The molecule has 1 amide bonds. The maximum atomic E-state index is 11.2. The van der Waals surface area contributed by atoms with Crippen LogP contribution in [0.3, 0.4) is 0 Å². The number of hydrogen-bond donors (Lipinski definition) is 2. The molecule has 1 rings (SSSR count). The van der Waals surface area contributed by atoms with E-state index in [0.717, 1.165) is 19.3 Å². The van der Waals surface area contributed by atoms with Crippen molar-refractivity contribution in [3.8, 4) is 5.75 Å². The van der Waals surface area contributed by atoms with Gasteiger partial charge in [-0.2, -0.15) is 0 Å². The van der Waals surface area contributed by atoms with E-state index in [9.17, 15) is 14.9 Å².